The van der Waals surface area contributed by atoms with E-state index in [0.29, 0.717) is 11.0 Å². The summed E-state index contributed by atoms with van der Waals surface area (Å²) >= 11 is 1.58. The van der Waals surface area contributed by atoms with E-state index in [1.165, 1.54) is 4.88 Å². The zero-order chi connectivity index (χ0) is 21.9. The van der Waals surface area contributed by atoms with Gasteiger partial charge in [-0.3, -0.25) is 9.69 Å². The first kappa shape index (κ1) is 20.7. The molecule has 0 atom stereocenters. The van der Waals surface area contributed by atoms with E-state index in [1.54, 1.807) is 11.3 Å². The molecule has 0 spiro atoms. The minimum Gasteiger partial charge on any atom is -0.486 e. The molecule has 4 aromatic rings. The quantitative estimate of drug-likeness (QED) is 0.462. The van der Waals surface area contributed by atoms with Crippen LogP contribution >= 0.6 is 11.3 Å². The standard InChI is InChI=1S/C24H25N5O2S/c1-2-28-13-12-19-21(14-28)32-24(26-19)27-23(30)15-29-20-11-7-6-10-18(20)25-22(29)16-31-17-8-4-3-5-9-17/h3-11H,2,12-16H2,1H3,(H,26,27,30). The van der Waals surface area contributed by atoms with Crippen LogP contribution in [0, 0.1) is 0 Å². The van der Waals surface area contributed by atoms with Crippen molar-refractivity contribution in [2.24, 2.45) is 0 Å². The van der Waals surface area contributed by atoms with Gasteiger partial charge >= 0.3 is 0 Å². The van der Waals surface area contributed by atoms with E-state index >= 15 is 0 Å². The van der Waals surface area contributed by atoms with Crippen LogP contribution in [-0.2, 0) is 30.9 Å². The summed E-state index contributed by atoms with van der Waals surface area (Å²) in [6.07, 6.45) is 0.933. The van der Waals surface area contributed by atoms with Crippen LogP contribution in [-0.4, -0.2) is 38.4 Å². The van der Waals surface area contributed by atoms with Crippen LogP contribution in [0.3, 0.4) is 0 Å². The lowest BCUT2D eigenvalue weighted by molar-refractivity contribution is -0.116. The molecule has 0 radical (unpaired) electrons. The molecular weight excluding hydrogens is 422 g/mol. The number of fused-ring (bicyclic) bond motifs is 2. The van der Waals surface area contributed by atoms with Crippen LogP contribution in [0.1, 0.15) is 23.3 Å². The molecule has 0 saturated heterocycles. The molecule has 1 N–H and O–H groups in total. The molecule has 1 aliphatic heterocycles. The number of amides is 1. The van der Waals surface area contributed by atoms with Crippen molar-refractivity contribution in [3.8, 4) is 5.75 Å². The van der Waals surface area contributed by atoms with Gasteiger partial charge in [0.25, 0.3) is 0 Å². The summed E-state index contributed by atoms with van der Waals surface area (Å²) in [7, 11) is 0. The van der Waals surface area contributed by atoms with E-state index in [0.717, 1.165) is 48.5 Å². The number of carbonyl (C=O) groups excluding carboxylic acids is 1. The molecule has 2 aromatic carbocycles. The summed E-state index contributed by atoms with van der Waals surface area (Å²) in [6.45, 7) is 5.56. The average Bonchev–Trinajstić information content (AvgIpc) is 3.38. The highest BCUT2D eigenvalue weighted by atomic mass is 32.1. The molecule has 1 amide bonds. The molecule has 7 nitrogen and oxygen atoms in total. The molecule has 5 rings (SSSR count). The van der Waals surface area contributed by atoms with Gasteiger partial charge in [-0.25, -0.2) is 9.97 Å². The lowest BCUT2D eigenvalue weighted by Gasteiger charge is -2.23. The van der Waals surface area contributed by atoms with Gasteiger partial charge in [-0.1, -0.05) is 37.3 Å². The van der Waals surface area contributed by atoms with Crippen molar-refractivity contribution in [2.45, 2.75) is 33.0 Å². The summed E-state index contributed by atoms with van der Waals surface area (Å²) in [5.41, 5.74) is 2.86. The Morgan fingerprint density at radius 2 is 1.94 bits per heavy atom. The maximum Gasteiger partial charge on any atom is 0.246 e. The predicted octanol–water partition coefficient (Wildman–Crippen LogP) is 4.09. The number of hydrogen-bond acceptors (Lipinski definition) is 6. The van der Waals surface area contributed by atoms with Gasteiger partial charge in [-0.05, 0) is 30.8 Å². The predicted molar refractivity (Wildman–Crippen MR) is 126 cm³/mol. The highest BCUT2D eigenvalue weighted by molar-refractivity contribution is 7.15. The summed E-state index contributed by atoms with van der Waals surface area (Å²) in [5.74, 6) is 1.36. The van der Waals surface area contributed by atoms with Crippen LogP contribution in [0.4, 0.5) is 5.13 Å². The molecule has 0 aliphatic carbocycles. The van der Waals surface area contributed by atoms with Crippen LogP contribution in [0.15, 0.2) is 54.6 Å². The monoisotopic (exact) mass is 447 g/mol. The first-order valence-corrected chi connectivity index (χ1v) is 11.6. The van der Waals surface area contributed by atoms with Gasteiger partial charge in [0.05, 0.1) is 16.7 Å². The number of para-hydroxylation sites is 3. The van der Waals surface area contributed by atoms with Gasteiger partial charge in [0.2, 0.25) is 5.91 Å². The van der Waals surface area contributed by atoms with E-state index in [9.17, 15) is 4.79 Å². The summed E-state index contributed by atoms with van der Waals surface area (Å²) in [5, 5.41) is 3.67. The Morgan fingerprint density at radius 1 is 1.12 bits per heavy atom. The lowest BCUT2D eigenvalue weighted by atomic mass is 10.2. The van der Waals surface area contributed by atoms with Crippen molar-refractivity contribution in [2.75, 3.05) is 18.4 Å². The molecule has 0 fully saturated rings. The largest absolute Gasteiger partial charge is 0.486 e. The summed E-state index contributed by atoms with van der Waals surface area (Å²) in [6, 6.07) is 17.4. The number of ether oxygens (including phenoxy) is 1. The van der Waals surface area contributed by atoms with Gasteiger partial charge in [0, 0.05) is 24.4 Å². The summed E-state index contributed by atoms with van der Waals surface area (Å²) < 4.78 is 7.82. The normalized spacial score (nSPS) is 13.8. The van der Waals surface area contributed by atoms with Crippen molar-refractivity contribution in [3.63, 3.8) is 0 Å². The van der Waals surface area contributed by atoms with Crippen molar-refractivity contribution in [3.05, 3.63) is 71.0 Å². The van der Waals surface area contributed by atoms with E-state index in [4.69, 9.17) is 9.72 Å². The molecule has 0 saturated carbocycles. The minimum atomic E-state index is -0.118. The number of likely N-dealkylation sites (N-methyl/N-ethyl adjacent to an activating group) is 1. The zero-order valence-corrected chi connectivity index (χ0v) is 18.8. The Bertz CT molecular complexity index is 1230. The second-order valence-electron chi connectivity index (χ2n) is 7.76. The summed E-state index contributed by atoms with van der Waals surface area (Å²) in [4.78, 5) is 25.9. The third kappa shape index (κ3) is 4.37. The molecule has 1 aliphatic rings. The molecule has 0 bridgehead atoms. The number of hydrogen-bond donors (Lipinski definition) is 1. The van der Waals surface area contributed by atoms with Crippen LogP contribution in [0.5, 0.6) is 5.75 Å². The molecule has 3 heterocycles. The molecule has 8 heteroatoms. The average molecular weight is 448 g/mol. The fourth-order valence-corrected chi connectivity index (χ4v) is 5.02. The SMILES string of the molecule is CCN1CCc2nc(NC(=O)Cn3c(COc4ccccc4)nc4ccccc43)sc2C1. The molecule has 164 valence electrons. The molecule has 0 unspecified atom stereocenters. The number of nitrogens with zero attached hydrogens (tertiary/aromatic N) is 4. The molecular formula is C24H25N5O2S. The van der Waals surface area contributed by atoms with Gasteiger partial charge in [0.1, 0.15) is 24.7 Å². The Labute approximate surface area is 190 Å². The van der Waals surface area contributed by atoms with Crippen LogP contribution < -0.4 is 10.1 Å². The number of rotatable bonds is 7. The Kier molecular flexibility index (Phi) is 5.87. The van der Waals surface area contributed by atoms with E-state index in [-0.39, 0.29) is 19.1 Å². The number of imidazole rings is 1. The third-order valence-corrected chi connectivity index (χ3v) is 6.65. The van der Waals surface area contributed by atoms with E-state index < -0.39 is 0 Å². The van der Waals surface area contributed by atoms with Gasteiger partial charge < -0.3 is 14.6 Å². The third-order valence-electron chi connectivity index (χ3n) is 5.65. The van der Waals surface area contributed by atoms with Crippen molar-refractivity contribution in [1.82, 2.24) is 19.4 Å². The van der Waals surface area contributed by atoms with Crippen molar-refractivity contribution < 1.29 is 9.53 Å². The Morgan fingerprint density at radius 3 is 2.78 bits per heavy atom. The lowest BCUT2D eigenvalue weighted by Crippen LogP contribution is -2.29. The second-order valence-corrected chi connectivity index (χ2v) is 8.84. The minimum absolute atomic E-state index is 0.118. The van der Waals surface area contributed by atoms with Crippen molar-refractivity contribution >= 4 is 33.4 Å². The van der Waals surface area contributed by atoms with Crippen molar-refractivity contribution in [1.29, 1.82) is 0 Å². The van der Waals surface area contributed by atoms with Crippen LogP contribution in [0.2, 0.25) is 0 Å². The highest BCUT2D eigenvalue weighted by Crippen LogP contribution is 2.28. The topological polar surface area (TPSA) is 72.3 Å². The fourth-order valence-electron chi connectivity index (χ4n) is 3.95. The number of benzene rings is 2. The zero-order valence-electron chi connectivity index (χ0n) is 18.0. The maximum absolute atomic E-state index is 12.9. The number of aromatic nitrogens is 3. The van der Waals surface area contributed by atoms with Crippen LogP contribution in [0.25, 0.3) is 11.0 Å². The maximum atomic E-state index is 12.9. The highest BCUT2D eigenvalue weighted by Gasteiger charge is 2.21. The fraction of sp³-hybridized carbons (Fsp3) is 0.292. The van der Waals surface area contributed by atoms with Gasteiger partial charge in [0.15, 0.2) is 5.13 Å². The molecule has 32 heavy (non-hydrogen) atoms. The second kappa shape index (κ2) is 9.10. The number of carbonyl (C=O) groups is 1. The Balaban J connectivity index is 1.33. The first-order valence-electron chi connectivity index (χ1n) is 10.8. The smallest absolute Gasteiger partial charge is 0.246 e. The van der Waals surface area contributed by atoms with Gasteiger partial charge in [-0.15, -0.1) is 11.3 Å². The number of thiazole rings is 1. The first-order chi connectivity index (χ1) is 15.7. The van der Waals surface area contributed by atoms with E-state index in [2.05, 4.69) is 22.1 Å². The number of anilines is 1. The number of nitrogens with one attached hydrogen (secondary N) is 1. The Hall–Kier alpha value is -3.23. The molecule has 2 aromatic heterocycles. The van der Waals surface area contributed by atoms with E-state index in [1.807, 2.05) is 59.2 Å². The van der Waals surface area contributed by atoms with Gasteiger partial charge in [-0.2, -0.15) is 0 Å².